The third kappa shape index (κ3) is 4.87. The molecule has 4 rings (SSSR count). The van der Waals surface area contributed by atoms with Gasteiger partial charge in [-0.15, -0.1) is 0 Å². The SMILES string of the molecule is COc1cc(C(=O)N2CCCc3cc(S(C)(=O)=O)ccc32)cc(OC)c1OCc1ccccc1. The van der Waals surface area contributed by atoms with E-state index in [4.69, 9.17) is 14.2 Å². The molecule has 0 unspecified atom stereocenters. The molecule has 0 aromatic heterocycles. The van der Waals surface area contributed by atoms with Crippen LogP contribution in [0.15, 0.2) is 65.6 Å². The maximum Gasteiger partial charge on any atom is 0.258 e. The Morgan fingerprint density at radius 1 is 0.971 bits per heavy atom. The lowest BCUT2D eigenvalue weighted by Gasteiger charge is -2.30. The van der Waals surface area contributed by atoms with Crippen LogP contribution in [-0.2, 0) is 22.9 Å². The van der Waals surface area contributed by atoms with E-state index in [0.717, 1.165) is 17.5 Å². The Balaban J connectivity index is 1.65. The number of anilines is 1. The molecule has 0 saturated heterocycles. The van der Waals surface area contributed by atoms with Crippen LogP contribution in [0, 0.1) is 0 Å². The fraction of sp³-hybridized carbons (Fsp3) is 0.269. The third-order valence-corrected chi connectivity index (χ3v) is 6.89. The number of fused-ring (bicyclic) bond motifs is 1. The number of methoxy groups -OCH3 is 2. The summed E-state index contributed by atoms with van der Waals surface area (Å²) in [5.74, 6) is 0.980. The number of hydrogen-bond acceptors (Lipinski definition) is 6. The second kappa shape index (κ2) is 9.77. The zero-order chi connectivity index (χ0) is 24.3. The average Bonchev–Trinajstić information content (AvgIpc) is 2.85. The number of carbonyl (C=O) groups is 1. The molecule has 1 amide bonds. The van der Waals surface area contributed by atoms with Gasteiger partial charge in [0, 0.05) is 24.1 Å². The van der Waals surface area contributed by atoms with Crippen molar-refractivity contribution in [1.29, 1.82) is 0 Å². The van der Waals surface area contributed by atoms with Gasteiger partial charge in [0.2, 0.25) is 5.75 Å². The van der Waals surface area contributed by atoms with E-state index >= 15 is 0 Å². The van der Waals surface area contributed by atoms with Crippen molar-refractivity contribution >= 4 is 21.4 Å². The van der Waals surface area contributed by atoms with Gasteiger partial charge in [0.25, 0.3) is 5.91 Å². The molecule has 8 heteroatoms. The second-order valence-electron chi connectivity index (χ2n) is 8.11. The van der Waals surface area contributed by atoms with Gasteiger partial charge in [-0.3, -0.25) is 4.79 Å². The minimum atomic E-state index is -3.33. The van der Waals surface area contributed by atoms with Gasteiger partial charge in [0.15, 0.2) is 21.3 Å². The number of nitrogens with zero attached hydrogens (tertiary/aromatic N) is 1. The monoisotopic (exact) mass is 481 g/mol. The van der Waals surface area contributed by atoms with Crippen LogP contribution < -0.4 is 19.1 Å². The Bertz CT molecular complexity index is 1280. The van der Waals surface area contributed by atoms with Crippen molar-refractivity contribution in [2.45, 2.75) is 24.3 Å². The van der Waals surface area contributed by atoms with Gasteiger partial charge in [0.1, 0.15) is 6.61 Å². The number of ether oxygens (including phenoxy) is 3. The minimum absolute atomic E-state index is 0.223. The molecular weight excluding hydrogens is 454 g/mol. The van der Waals surface area contributed by atoms with Crippen LogP contribution in [-0.4, -0.2) is 41.3 Å². The van der Waals surface area contributed by atoms with Crippen LogP contribution in [0.1, 0.15) is 27.9 Å². The number of carbonyl (C=O) groups excluding carboxylic acids is 1. The van der Waals surface area contributed by atoms with Crippen molar-refractivity contribution in [2.24, 2.45) is 0 Å². The van der Waals surface area contributed by atoms with Crippen molar-refractivity contribution in [3.05, 3.63) is 77.4 Å². The summed E-state index contributed by atoms with van der Waals surface area (Å²) in [6.45, 7) is 0.851. The van der Waals surface area contributed by atoms with Crippen molar-refractivity contribution in [2.75, 3.05) is 31.9 Å². The van der Waals surface area contributed by atoms with Crippen LogP contribution in [0.2, 0.25) is 0 Å². The van der Waals surface area contributed by atoms with Gasteiger partial charge in [-0.1, -0.05) is 30.3 Å². The van der Waals surface area contributed by atoms with Crippen molar-refractivity contribution in [1.82, 2.24) is 0 Å². The molecule has 0 bridgehead atoms. The summed E-state index contributed by atoms with van der Waals surface area (Å²) >= 11 is 0. The topological polar surface area (TPSA) is 82.1 Å². The highest BCUT2D eigenvalue weighted by molar-refractivity contribution is 7.90. The maximum absolute atomic E-state index is 13.5. The molecule has 34 heavy (non-hydrogen) atoms. The molecule has 0 radical (unpaired) electrons. The summed E-state index contributed by atoms with van der Waals surface area (Å²) in [4.78, 5) is 15.5. The predicted octanol–water partition coefficient (Wildman–Crippen LogP) is 4.28. The zero-order valence-corrected chi connectivity index (χ0v) is 20.2. The van der Waals surface area contributed by atoms with E-state index in [1.54, 1.807) is 35.2 Å². The van der Waals surface area contributed by atoms with Gasteiger partial charge in [-0.25, -0.2) is 8.42 Å². The molecule has 7 nitrogen and oxygen atoms in total. The van der Waals surface area contributed by atoms with E-state index in [2.05, 4.69) is 0 Å². The molecule has 3 aromatic rings. The molecule has 1 heterocycles. The molecule has 0 aliphatic carbocycles. The molecule has 0 saturated carbocycles. The summed E-state index contributed by atoms with van der Waals surface area (Å²) in [6, 6.07) is 17.9. The highest BCUT2D eigenvalue weighted by Gasteiger charge is 2.27. The maximum atomic E-state index is 13.5. The molecule has 0 N–H and O–H groups in total. The van der Waals surface area contributed by atoms with Crippen LogP contribution in [0.3, 0.4) is 0 Å². The average molecular weight is 482 g/mol. The van der Waals surface area contributed by atoms with E-state index in [9.17, 15) is 13.2 Å². The fourth-order valence-electron chi connectivity index (χ4n) is 4.05. The summed E-state index contributed by atoms with van der Waals surface area (Å²) in [6.07, 6.45) is 2.63. The van der Waals surface area contributed by atoms with Gasteiger partial charge >= 0.3 is 0 Å². The largest absolute Gasteiger partial charge is 0.493 e. The third-order valence-electron chi connectivity index (χ3n) is 5.78. The lowest BCUT2D eigenvalue weighted by atomic mass is 10.0. The number of benzene rings is 3. The van der Waals surface area contributed by atoms with Crippen LogP contribution in [0.4, 0.5) is 5.69 Å². The second-order valence-corrected chi connectivity index (χ2v) is 10.1. The minimum Gasteiger partial charge on any atom is -0.493 e. The first-order valence-electron chi connectivity index (χ1n) is 10.9. The highest BCUT2D eigenvalue weighted by Crippen LogP contribution is 2.40. The number of rotatable bonds is 7. The lowest BCUT2D eigenvalue weighted by molar-refractivity contribution is 0.0984. The van der Waals surface area contributed by atoms with Crippen molar-refractivity contribution < 1.29 is 27.4 Å². The number of aryl methyl sites for hydroxylation is 1. The van der Waals surface area contributed by atoms with E-state index in [1.807, 2.05) is 30.3 Å². The number of sulfone groups is 1. The van der Waals surface area contributed by atoms with Crippen LogP contribution in [0.25, 0.3) is 0 Å². The Morgan fingerprint density at radius 2 is 1.65 bits per heavy atom. The fourth-order valence-corrected chi connectivity index (χ4v) is 4.72. The number of hydrogen-bond donors (Lipinski definition) is 0. The van der Waals surface area contributed by atoms with Crippen molar-refractivity contribution in [3.63, 3.8) is 0 Å². The van der Waals surface area contributed by atoms with Crippen molar-refractivity contribution in [3.8, 4) is 17.2 Å². The highest BCUT2D eigenvalue weighted by atomic mass is 32.2. The smallest absolute Gasteiger partial charge is 0.258 e. The Labute approximate surface area is 199 Å². The first kappa shape index (κ1) is 23.6. The number of amides is 1. The van der Waals surface area contributed by atoms with Crippen LogP contribution in [0.5, 0.6) is 17.2 Å². The standard InChI is InChI=1S/C26H27NO6S/c1-31-23-15-20(16-24(32-2)25(23)33-17-18-8-5-4-6-9-18)26(28)27-13-7-10-19-14-21(34(3,29)30)11-12-22(19)27/h4-6,8-9,11-12,14-16H,7,10,13,17H2,1-3H3. The molecule has 1 aliphatic heterocycles. The van der Waals surface area contributed by atoms with Gasteiger partial charge in [-0.05, 0) is 54.3 Å². The van der Waals surface area contributed by atoms with E-state index in [-0.39, 0.29) is 10.8 Å². The van der Waals surface area contributed by atoms with Gasteiger partial charge < -0.3 is 19.1 Å². The first-order valence-corrected chi connectivity index (χ1v) is 12.8. The zero-order valence-electron chi connectivity index (χ0n) is 19.4. The molecule has 0 atom stereocenters. The quantitative estimate of drug-likeness (QED) is 0.501. The molecular formula is C26H27NO6S. The Hall–Kier alpha value is -3.52. The van der Waals surface area contributed by atoms with E-state index < -0.39 is 9.84 Å². The Morgan fingerprint density at radius 3 is 2.26 bits per heavy atom. The lowest BCUT2D eigenvalue weighted by Crippen LogP contribution is -2.35. The summed E-state index contributed by atoms with van der Waals surface area (Å²) in [7, 11) is -0.295. The first-order chi connectivity index (χ1) is 16.3. The summed E-state index contributed by atoms with van der Waals surface area (Å²) in [5, 5.41) is 0. The van der Waals surface area contributed by atoms with Crippen LogP contribution >= 0.6 is 0 Å². The van der Waals surface area contributed by atoms with Gasteiger partial charge in [0.05, 0.1) is 19.1 Å². The summed E-state index contributed by atoms with van der Waals surface area (Å²) < 4.78 is 41.0. The molecule has 1 aliphatic rings. The molecule has 178 valence electrons. The normalized spacial score (nSPS) is 13.2. The van der Waals surface area contributed by atoms with E-state index in [0.29, 0.717) is 48.1 Å². The molecule has 0 fully saturated rings. The van der Waals surface area contributed by atoms with E-state index in [1.165, 1.54) is 20.5 Å². The Kier molecular flexibility index (Phi) is 6.79. The van der Waals surface area contributed by atoms with Gasteiger partial charge in [-0.2, -0.15) is 0 Å². The molecule has 0 spiro atoms. The summed E-state index contributed by atoms with van der Waals surface area (Å²) in [5.41, 5.74) is 2.93. The predicted molar refractivity (Wildman–Crippen MR) is 130 cm³/mol. The molecule has 3 aromatic carbocycles.